The van der Waals surface area contributed by atoms with E-state index in [1.54, 1.807) is 12.3 Å². The lowest BCUT2D eigenvalue weighted by molar-refractivity contribution is 0.0652. The summed E-state index contributed by atoms with van der Waals surface area (Å²) in [5, 5.41) is 0. The highest BCUT2D eigenvalue weighted by atomic mass is 16.2. The van der Waals surface area contributed by atoms with Crippen LogP contribution in [0.15, 0.2) is 18.3 Å². The van der Waals surface area contributed by atoms with Gasteiger partial charge < -0.3 is 9.80 Å². The average Bonchev–Trinajstić information content (AvgIpc) is 2.15. The molecule has 0 unspecified atom stereocenters. The van der Waals surface area contributed by atoms with Gasteiger partial charge in [0.1, 0.15) is 5.82 Å². The van der Waals surface area contributed by atoms with Crippen LogP contribution in [-0.2, 0) is 0 Å². The highest BCUT2D eigenvalue weighted by molar-refractivity contribution is 5.99. The van der Waals surface area contributed by atoms with Crippen LogP contribution in [0.5, 0.6) is 0 Å². The quantitative estimate of drug-likeness (QED) is 0.722. The van der Waals surface area contributed by atoms with Gasteiger partial charge >= 0.3 is 0 Å². The number of nitrogens with zero attached hydrogens (tertiary/aromatic N) is 3. The van der Waals surface area contributed by atoms with Gasteiger partial charge in [-0.15, -0.1) is 0 Å². The zero-order valence-corrected chi connectivity index (χ0v) is 9.10. The Balaban J connectivity index is 2.29. The van der Waals surface area contributed by atoms with Crippen molar-refractivity contribution >= 4 is 11.7 Å². The number of hydrogen-bond acceptors (Lipinski definition) is 3. The molecule has 80 valence electrons. The number of pyridine rings is 1. The van der Waals surface area contributed by atoms with Gasteiger partial charge in [0.2, 0.25) is 0 Å². The lowest BCUT2D eigenvalue weighted by Gasteiger charge is -2.31. The molecule has 1 amide bonds. The smallest absolute Gasteiger partial charge is 0.257 e. The molecule has 4 heteroatoms. The molecule has 1 aliphatic rings. The van der Waals surface area contributed by atoms with Gasteiger partial charge in [0, 0.05) is 33.4 Å². The number of rotatable bonds is 2. The zero-order valence-electron chi connectivity index (χ0n) is 9.10. The minimum absolute atomic E-state index is 0.0954. The van der Waals surface area contributed by atoms with Crippen molar-refractivity contribution in [1.29, 1.82) is 0 Å². The molecular formula is C11H15N3O. The summed E-state index contributed by atoms with van der Waals surface area (Å²) in [4.78, 5) is 19.9. The fraction of sp³-hybridized carbons (Fsp3) is 0.455. The van der Waals surface area contributed by atoms with E-state index in [-0.39, 0.29) is 5.91 Å². The normalized spacial score (nSPS) is 14.7. The van der Waals surface area contributed by atoms with Crippen LogP contribution >= 0.6 is 0 Å². The Kier molecular flexibility index (Phi) is 2.58. The van der Waals surface area contributed by atoms with Crippen LogP contribution in [0.2, 0.25) is 0 Å². The van der Waals surface area contributed by atoms with Gasteiger partial charge in [0.05, 0.1) is 5.56 Å². The highest BCUT2D eigenvalue weighted by Gasteiger charge is 2.24. The maximum Gasteiger partial charge on any atom is 0.257 e. The third-order valence-electron chi connectivity index (χ3n) is 2.58. The zero-order chi connectivity index (χ0) is 10.8. The minimum atomic E-state index is 0.0954. The summed E-state index contributed by atoms with van der Waals surface area (Å²) < 4.78 is 0. The van der Waals surface area contributed by atoms with Crippen molar-refractivity contribution in [3.63, 3.8) is 0 Å². The molecule has 0 spiro atoms. The van der Waals surface area contributed by atoms with E-state index in [1.165, 1.54) is 0 Å². The van der Waals surface area contributed by atoms with Crippen molar-refractivity contribution in [2.75, 3.05) is 32.1 Å². The second kappa shape index (κ2) is 3.88. The molecule has 0 radical (unpaired) electrons. The molecule has 0 aromatic carbocycles. The van der Waals surface area contributed by atoms with E-state index in [9.17, 15) is 4.79 Å². The summed E-state index contributed by atoms with van der Waals surface area (Å²) in [6.07, 6.45) is 2.82. The topological polar surface area (TPSA) is 36.4 Å². The second-order valence-electron chi connectivity index (χ2n) is 3.91. The summed E-state index contributed by atoms with van der Waals surface area (Å²) in [6, 6.07) is 3.64. The minimum Gasteiger partial charge on any atom is -0.362 e. The molecule has 4 nitrogen and oxygen atoms in total. The number of carbonyl (C=O) groups is 1. The lowest BCUT2D eigenvalue weighted by Crippen LogP contribution is -2.42. The molecule has 0 bridgehead atoms. The predicted octanol–water partition coefficient (Wildman–Crippen LogP) is 0.993. The van der Waals surface area contributed by atoms with E-state index in [4.69, 9.17) is 0 Å². The third-order valence-corrected chi connectivity index (χ3v) is 2.58. The standard InChI is InChI=1S/C11H15N3O/c1-13(2)10-9(5-3-6-12-10)11(15)14-7-4-8-14/h3,5-6H,4,7-8H2,1-2H3. The molecule has 0 saturated carbocycles. The Bertz CT molecular complexity index is 372. The molecule has 0 aliphatic carbocycles. The van der Waals surface area contributed by atoms with Crippen LogP contribution in [-0.4, -0.2) is 43.0 Å². The van der Waals surface area contributed by atoms with E-state index in [2.05, 4.69) is 4.98 Å². The lowest BCUT2D eigenvalue weighted by atomic mass is 10.1. The maximum absolute atomic E-state index is 12.0. The van der Waals surface area contributed by atoms with Gasteiger partial charge in [-0.1, -0.05) is 0 Å². The number of aromatic nitrogens is 1. The van der Waals surface area contributed by atoms with E-state index >= 15 is 0 Å². The Morgan fingerprint density at radius 3 is 2.73 bits per heavy atom. The molecular weight excluding hydrogens is 190 g/mol. The van der Waals surface area contributed by atoms with Crippen LogP contribution in [0.4, 0.5) is 5.82 Å². The first-order valence-corrected chi connectivity index (χ1v) is 5.12. The number of amides is 1. The molecule has 0 atom stereocenters. The van der Waals surface area contributed by atoms with Crippen molar-refractivity contribution in [2.45, 2.75) is 6.42 Å². The second-order valence-corrected chi connectivity index (χ2v) is 3.91. The van der Waals surface area contributed by atoms with Crippen molar-refractivity contribution in [1.82, 2.24) is 9.88 Å². The molecule has 1 saturated heterocycles. The molecule has 15 heavy (non-hydrogen) atoms. The summed E-state index contributed by atoms with van der Waals surface area (Å²) in [5.41, 5.74) is 0.696. The third kappa shape index (κ3) is 1.79. The fourth-order valence-corrected chi connectivity index (χ4v) is 1.61. The van der Waals surface area contributed by atoms with E-state index in [0.717, 1.165) is 25.3 Å². The average molecular weight is 205 g/mol. The van der Waals surface area contributed by atoms with Crippen LogP contribution in [0.1, 0.15) is 16.8 Å². The van der Waals surface area contributed by atoms with Crippen LogP contribution in [0.25, 0.3) is 0 Å². The van der Waals surface area contributed by atoms with Crippen molar-refractivity contribution in [3.8, 4) is 0 Å². The Morgan fingerprint density at radius 2 is 2.20 bits per heavy atom. The molecule has 1 fully saturated rings. The monoisotopic (exact) mass is 205 g/mol. The number of likely N-dealkylation sites (tertiary alicyclic amines) is 1. The van der Waals surface area contributed by atoms with Gasteiger partial charge in [-0.2, -0.15) is 0 Å². The first-order chi connectivity index (χ1) is 7.20. The maximum atomic E-state index is 12.0. The van der Waals surface area contributed by atoms with Crippen LogP contribution in [0.3, 0.4) is 0 Å². The molecule has 1 aromatic heterocycles. The molecule has 1 aromatic rings. The van der Waals surface area contributed by atoms with Crippen LogP contribution in [0, 0.1) is 0 Å². The summed E-state index contributed by atoms with van der Waals surface area (Å²) in [7, 11) is 3.80. The number of anilines is 1. The molecule has 1 aliphatic heterocycles. The molecule has 2 rings (SSSR count). The van der Waals surface area contributed by atoms with Crippen molar-refractivity contribution in [2.24, 2.45) is 0 Å². The molecule has 2 heterocycles. The largest absolute Gasteiger partial charge is 0.362 e. The summed E-state index contributed by atoms with van der Waals surface area (Å²) in [6.45, 7) is 1.75. The fourth-order valence-electron chi connectivity index (χ4n) is 1.61. The number of carbonyl (C=O) groups excluding carboxylic acids is 1. The van der Waals surface area contributed by atoms with E-state index < -0.39 is 0 Å². The molecule has 0 N–H and O–H groups in total. The Hall–Kier alpha value is -1.58. The van der Waals surface area contributed by atoms with E-state index in [0.29, 0.717) is 5.56 Å². The Morgan fingerprint density at radius 1 is 1.47 bits per heavy atom. The van der Waals surface area contributed by atoms with Gasteiger partial charge in [0.15, 0.2) is 0 Å². The van der Waals surface area contributed by atoms with Crippen LogP contribution < -0.4 is 4.90 Å². The van der Waals surface area contributed by atoms with E-state index in [1.807, 2.05) is 30.0 Å². The first kappa shape index (κ1) is 9.96. The Labute approximate surface area is 89.5 Å². The van der Waals surface area contributed by atoms with Gasteiger partial charge in [-0.25, -0.2) is 4.98 Å². The van der Waals surface area contributed by atoms with Crippen molar-refractivity contribution in [3.05, 3.63) is 23.9 Å². The number of hydrogen-bond donors (Lipinski definition) is 0. The van der Waals surface area contributed by atoms with Gasteiger partial charge in [-0.05, 0) is 18.6 Å². The predicted molar refractivity (Wildman–Crippen MR) is 59.1 cm³/mol. The highest BCUT2D eigenvalue weighted by Crippen LogP contribution is 2.19. The van der Waals surface area contributed by atoms with Gasteiger partial charge in [-0.3, -0.25) is 4.79 Å². The summed E-state index contributed by atoms with van der Waals surface area (Å²) >= 11 is 0. The van der Waals surface area contributed by atoms with Crippen molar-refractivity contribution < 1.29 is 4.79 Å². The SMILES string of the molecule is CN(C)c1ncccc1C(=O)N1CCC1. The summed E-state index contributed by atoms with van der Waals surface area (Å²) in [5.74, 6) is 0.840. The van der Waals surface area contributed by atoms with Gasteiger partial charge in [0.25, 0.3) is 5.91 Å². The first-order valence-electron chi connectivity index (χ1n) is 5.12.